The summed E-state index contributed by atoms with van der Waals surface area (Å²) in [6.45, 7) is 4.47. The highest BCUT2D eigenvalue weighted by Gasteiger charge is 2.26. The van der Waals surface area contributed by atoms with E-state index in [1.54, 1.807) is 6.07 Å². The summed E-state index contributed by atoms with van der Waals surface area (Å²) < 4.78 is 0. The van der Waals surface area contributed by atoms with E-state index in [1.807, 2.05) is 6.07 Å². The third-order valence-electron chi connectivity index (χ3n) is 3.70. The van der Waals surface area contributed by atoms with Crippen LogP contribution >= 0.6 is 0 Å². The minimum atomic E-state index is 0.310. The van der Waals surface area contributed by atoms with Gasteiger partial charge in [-0.15, -0.1) is 0 Å². The molecule has 1 aromatic rings. The lowest BCUT2D eigenvalue weighted by molar-refractivity contribution is 0.159. The molecule has 3 heteroatoms. The fraction of sp³-hybridized carbons (Fsp3) is 0.538. The Hall–Kier alpha value is -1.06. The van der Waals surface area contributed by atoms with Crippen LogP contribution in [-0.2, 0) is 6.42 Å². The van der Waals surface area contributed by atoms with E-state index in [1.165, 1.54) is 25.1 Å². The summed E-state index contributed by atoms with van der Waals surface area (Å²) in [5.74, 6) is 0.454. The lowest BCUT2D eigenvalue weighted by Crippen LogP contribution is -2.44. The van der Waals surface area contributed by atoms with Crippen molar-refractivity contribution in [3.63, 3.8) is 0 Å². The average molecular weight is 218 g/mol. The van der Waals surface area contributed by atoms with Gasteiger partial charge < -0.3 is 15.3 Å². The van der Waals surface area contributed by atoms with Crippen LogP contribution in [0.2, 0.25) is 0 Å². The Balaban J connectivity index is 1.86. The summed E-state index contributed by atoms with van der Waals surface area (Å²) in [4.78, 5) is 2.44. The first-order valence-electron chi connectivity index (χ1n) is 6.11. The molecule has 3 rings (SSSR count). The van der Waals surface area contributed by atoms with Crippen molar-refractivity contribution in [3.8, 4) is 5.75 Å². The number of phenolic OH excluding ortho intramolecular Hbond substituents is 1. The molecule has 2 N–H and O–H groups in total. The molecule has 0 amide bonds. The van der Waals surface area contributed by atoms with Gasteiger partial charge in [0.05, 0.1) is 0 Å². The standard InChI is InChI=1S/C13H18N2O/c16-12-4-1-3-10-5-6-14-11(13(10)12)9-15-7-2-8-15/h1,3-4,11,14,16H,2,5-9H2. The van der Waals surface area contributed by atoms with Gasteiger partial charge in [-0.1, -0.05) is 12.1 Å². The fourth-order valence-corrected chi connectivity index (χ4v) is 2.68. The van der Waals surface area contributed by atoms with E-state index in [2.05, 4.69) is 16.3 Å². The largest absolute Gasteiger partial charge is 0.508 e. The van der Waals surface area contributed by atoms with Crippen LogP contribution in [0.5, 0.6) is 5.75 Å². The van der Waals surface area contributed by atoms with E-state index in [9.17, 15) is 5.11 Å². The Labute approximate surface area is 96.1 Å². The van der Waals surface area contributed by atoms with Gasteiger partial charge in [0.15, 0.2) is 0 Å². The molecule has 2 aliphatic rings. The summed E-state index contributed by atoms with van der Waals surface area (Å²) in [5.41, 5.74) is 2.44. The van der Waals surface area contributed by atoms with Crippen LogP contribution in [0.25, 0.3) is 0 Å². The first-order valence-corrected chi connectivity index (χ1v) is 6.11. The maximum Gasteiger partial charge on any atom is 0.120 e. The topological polar surface area (TPSA) is 35.5 Å². The van der Waals surface area contributed by atoms with E-state index in [0.717, 1.165) is 25.1 Å². The first-order chi connectivity index (χ1) is 7.84. The molecule has 16 heavy (non-hydrogen) atoms. The average Bonchev–Trinajstić information content (AvgIpc) is 2.24. The number of phenols is 1. The number of rotatable bonds is 2. The molecule has 0 spiro atoms. The smallest absolute Gasteiger partial charge is 0.120 e. The normalized spacial score (nSPS) is 24.9. The van der Waals surface area contributed by atoms with Gasteiger partial charge in [-0.05, 0) is 44.1 Å². The van der Waals surface area contributed by atoms with Crippen LogP contribution in [0.15, 0.2) is 18.2 Å². The van der Waals surface area contributed by atoms with Gasteiger partial charge >= 0.3 is 0 Å². The molecule has 1 saturated heterocycles. The zero-order chi connectivity index (χ0) is 11.0. The second kappa shape index (κ2) is 4.07. The van der Waals surface area contributed by atoms with Crippen molar-refractivity contribution < 1.29 is 5.11 Å². The van der Waals surface area contributed by atoms with Gasteiger partial charge in [0.2, 0.25) is 0 Å². The summed E-state index contributed by atoms with van der Waals surface area (Å²) >= 11 is 0. The lowest BCUT2D eigenvalue weighted by Gasteiger charge is -2.37. The fourth-order valence-electron chi connectivity index (χ4n) is 2.68. The lowest BCUT2D eigenvalue weighted by atomic mass is 9.92. The molecule has 0 saturated carbocycles. The van der Waals surface area contributed by atoms with Gasteiger partial charge in [0.1, 0.15) is 5.75 Å². The van der Waals surface area contributed by atoms with Crippen molar-refractivity contribution in [2.75, 3.05) is 26.2 Å². The van der Waals surface area contributed by atoms with Crippen molar-refractivity contribution >= 4 is 0 Å². The zero-order valence-corrected chi connectivity index (χ0v) is 9.45. The molecular formula is C13H18N2O. The first kappa shape index (κ1) is 10.1. The van der Waals surface area contributed by atoms with Crippen molar-refractivity contribution in [3.05, 3.63) is 29.3 Å². The number of benzene rings is 1. The van der Waals surface area contributed by atoms with E-state index in [4.69, 9.17) is 0 Å². The number of hydrogen-bond donors (Lipinski definition) is 2. The van der Waals surface area contributed by atoms with Crippen LogP contribution in [0, 0.1) is 0 Å². The number of nitrogens with zero attached hydrogens (tertiary/aromatic N) is 1. The Morgan fingerprint density at radius 3 is 3.00 bits per heavy atom. The second-order valence-corrected chi connectivity index (χ2v) is 4.76. The number of likely N-dealkylation sites (tertiary alicyclic amines) is 1. The van der Waals surface area contributed by atoms with E-state index in [0.29, 0.717) is 11.8 Å². The zero-order valence-electron chi connectivity index (χ0n) is 9.45. The van der Waals surface area contributed by atoms with E-state index < -0.39 is 0 Å². The third-order valence-corrected chi connectivity index (χ3v) is 3.70. The van der Waals surface area contributed by atoms with Crippen molar-refractivity contribution in [2.45, 2.75) is 18.9 Å². The van der Waals surface area contributed by atoms with Gasteiger partial charge in [-0.3, -0.25) is 0 Å². The minimum absolute atomic E-state index is 0.310. The summed E-state index contributed by atoms with van der Waals surface area (Å²) in [7, 11) is 0. The van der Waals surface area contributed by atoms with Crippen LogP contribution in [0.3, 0.4) is 0 Å². The minimum Gasteiger partial charge on any atom is -0.508 e. The molecule has 1 aromatic carbocycles. The molecule has 1 fully saturated rings. The highest BCUT2D eigenvalue weighted by Crippen LogP contribution is 2.32. The van der Waals surface area contributed by atoms with Crippen LogP contribution in [-0.4, -0.2) is 36.2 Å². The molecule has 2 aliphatic heterocycles. The van der Waals surface area contributed by atoms with Crippen molar-refractivity contribution in [1.82, 2.24) is 10.2 Å². The summed E-state index contributed by atoms with van der Waals surface area (Å²) in [5, 5.41) is 13.5. The Morgan fingerprint density at radius 1 is 1.38 bits per heavy atom. The number of fused-ring (bicyclic) bond motifs is 1. The molecule has 0 radical (unpaired) electrons. The molecular weight excluding hydrogens is 200 g/mol. The highest BCUT2D eigenvalue weighted by molar-refractivity contribution is 5.43. The third kappa shape index (κ3) is 1.70. The SMILES string of the molecule is Oc1cccc2c1C(CN1CCC1)NCC2. The molecule has 3 nitrogen and oxygen atoms in total. The number of aromatic hydroxyl groups is 1. The summed E-state index contributed by atoms with van der Waals surface area (Å²) in [6.07, 6.45) is 2.35. The van der Waals surface area contributed by atoms with Gasteiger partial charge in [-0.2, -0.15) is 0 Å². The second-order valence-electron chi connectivity index (χ2n) is 4.76. The molecule has 2 heterocycles. The molecule has 1 atom stereocenters. The van der Waals surface area contributed by atoms with Crippen LogP contribution in [0.1, 0.15) is 23.6 Å². The molecule has 1 unspecified atom stereocenters. The molecule has 0 aliphatic carbocycles. The van der Waals surface area contributed by atoms with Crippen LogP contribution in [0.4, 0.5) is 0 Å². The van der Waals surface area contributed by atoms with E-state index >= 15 is 0 Å². The van der Waals surface area contributed by atoms with Gasteiger partial charge in [0, 0.05) is 18.2 Å². The maximum atomic E-state index is 9.97. The quantitative estimate of drug-likeness (QED) is 0.785. The molecule has 0 aromatic heterocycles. The van der Waals surface area contributed by atoms with Gasteiger partial charge in [0.25, 0.3) is 0 Å². The Morgan fingerprint density at radius 2 is 2.25 bits per heavy atom. The maximum absolute atomic E-state index is 9.97. The van der Waals surface area contributed by atoms with Gasteiger partial charge in [-0.25, -0.2) is 0 Å². The van der Waals surface area contributed by atoms with Crippen molar-refractivity contribution in [2.24, 2.45) is 0 Å². The monoisotopic (exact) mass is 218 g/mol. The summed E-state index contributed by atoms with van der Waals surface area (Å²) in [6, 6.07) is 6.19. The Bertz CT molecular complexity index is 388. The predicted molar refractivity (Wildman–Crippen MR) is 63.6 cm³/mol. The van der Waals surface area contributed by atoms with Crippen molar-refractivity contribution in [1.29, 1.82) is 0 Å². The van der Waals surface area contributed by atoms with Crippen LogP contribution < -0.4 is 5.32 Å². The predicted octanol–water partition coefficient (Wildman–Crippen LogP) is 1.28. The highest BCUT2D eigenvalue weighted by atomic mass is 16.3. The van der Waals surface area contributed by atoms with E-state index in [-0.39, 0.29) is 0 Å². The number of hydrogen-bond acceptors (Lipinski definition) is 3. The number of nitrogens with one attached hydrogen (secondary N) is 1. The Kier molecular flexibility index (Phi) is 2.58. The molecule has 86 valence electrons. The molecule has 0 bridgehead atoms.